The molecule has 1 heterocycles. The molecule has 2 aromatic carbocycles. The van der Waals surface area contributed by atoms with Crippen molar-refractivity contribution in [1.82, 2.24) is 5.16 Å². The van der Waals surface area contributed by atoms with Gasteiger partial charge in [-0.3, -0.25) is 0 Å². The van der Waals surface area contributed by atoms with Crippen LogP contribution in [0.25, 0.3) is 11.3 Å². The summed E-state index contributed by atoms with van der Waals surface area (Å²) in [5, 5.41) is 3.87. The lowest BCUT2D eigenvalue weighted by atomic mass is 10.1. The molecule has 0 amide bonds. The molecular weight excluding hydrogens is 329 g/mol. The second-order valence-corrected chi connectivity index (χ2v) is 5.81. The van der Waals surface area contributed by atoms with Gasteiger partial charge in [-0.1, -0.05) is 17.3 Å². The molecule has 0 aliphatic rings. The van der Waals surface area contributed by atoms with Crippen molar-refractivity contribution in [1.29, 1.82) is 0 Å². The normalized spacial score (nSPS) is 10.6. The molecule has 0 atom stereocenters. The van der Waals surface area contributed by atoms with Gasteiger partial charge in [0.15, 0.2) is 5.76 Å². The second kappa shape index (κ2) is 7.31. The molecule has 122 valence electrons. The number of carbonyl (C=O) groups is 1. The van der Waals surface area contributed by atoms with Crippen LogP contribution in [-0.2, 0) is 11.3 Å². The number of thioether (sulfide) groups is 1. The Kier molecular flexibility index (Phi) is 4.96. The summed E-state index contributed by atoms with van der Waals surface area (Å²) in [5.41, 5.74) is 1.71. The number of rotatable bonds is 5. The molecule has 3 rings (SSSR count). The van der Waals surface area contributed by atoms with Crippen molar-refractivity contribution in [2.24, 2.45) is 0 Å². The Morgan fingerprint density at radius 1 is 1.21 bits per heavy atom. The summed E-state index contributed by atoms with van der Waals surface area (Å²) in [4.78, 5) is 13.0. The summed E-state index contributed by atoms with van der Waals surface area (Å²) >= 11 is 1.48. The lowest BCUT2D eigenvalue weighted by molar-refractivity contribution is 0.0460. The Morgan fingerprint density at radius 3 is 2.71 bits per heavy atom. The standard InChI is InChI=1S/C18H14FNO3S/c1-24-17-5-3-2-4-15(17)18(21)22-11-14-10-16(23-20-14)12-6-8-13(19)9-7-12/h2-10H,11H2,1H3. The fourth-order valence-electron chi connectivity index (χ4n) is 2.16. The van der Waals surface area contributed by atoms with Gasteiger partial charge in [0.1, 0.15) is 18.1 Å². The van der Waals surface area contributed by atoms with Crippen LogP contribution in [-0.4, -0.2) is 17.4 Å². The molecule has 0 saturated carbocycles. The van der Waals surface area contributed by atoms with E-state index >= 15 is 0 Å². The molecule has 1 aromatic heterocycles. The third-order valence-electron chi connectivity index (χ3n) is 3.37. The first-order chi connectivity index (χ1) is 11.7. The molecule has 6 heteroatoms. The monoisotopic (exact) mass is 343 g/mol. The van der Waals surface area contributed by atoms with Crippen LogP contribution in [0.2, 0.25) is 0 Å². The zero-order valence-corrected chi connectivity index (χ0v) is 13.7. The Labute approximate surface area is 142 Å². The highest BCUT2D eigenvalue weighted by atomic mass is 32.2. The fourth-order valence-corrected chi connectivity index (χ4v) is 2.75. The predicted molar refractivity (Wildman–Crippen MR) is 89.2 cm³/mol. The maximum atomic E-state index is 12.9. The molecule has 0 bridgehead atoms. The lowest BCUT2D eigenvalue weighted by Gasteiger charge is -2.06. The van der Waals surface area contributed by atoms with E-state index < -0.39 is 5.97 Å². The highest BCUT2D eigenvalue weighted by Gasteiger charge is 2.14. The molecule has 0 aliphatic heterocycles. The highest BCUT2D eigenvalue weighted by Crippen LogP contribution is 2.23. The van der Waals surface area contributed by atoms with Gasteiger partial charge in [-0.05, 0) is 42.7 Å². The Bertz CT molecular complexity index is 845. The largest absolute Gasteiger partial charge is 0.455 e. The number of hydrogen-bond donors (Lipinski definition) is 0. The summed E-state index contributed by atoms with van der Waals surface area (Å²) in [5.74, 6) is -0.239. The van der Waals surface area contributed by atoms with Gasteiger partial charge in [-0.25, -0.2) is 9.18 Å². The van der Waals surface area contributed by atoms with E-state index in [1.54, 1.807) is 30.3 Å². The van der Waals surface area contributed by atoms with Crippen LogP contribution >= 0.6 is 11.8 Å². The minimum absolute atomic E-state index is 0.00619. The van der Waals surface area contributed by atoms with E-state index in [4.69, 9.17) is 9.26 Å². The van der Waals surface area contributed by atoms with E-state index in [1.165, 1.54) is 23.9 Å². The van der Waals surface area contributed by atoms with Gasteiger partial charge in [0.2, 0.25) is 0 Å². The molecule has 0 unspecified atom stereocenters. The van der Waals surface area contributed by atoms with E-state index in [0.29, 0.717) is 22.6 Å². The fraction of sp³-hybridized carbons (Fsp3) is 0.111. The van der Waals surface area contributed by atoms with Gasteiger partial charge in [0.25, 0.3) is 0 Å². The number of aromatic nitrogens is 1. The molecule has 0 saturated heterocycles. The van der Waals surface area contributed by atoms with Gasteiger partial charge < -0.3 is 9.26 Å². The quantitative estimate of drug-likeness (QED) is 0.502. The third-order valence-corrected chi connectivity index (χ3v) is 4.16. The summed E-state index contributed by atoms with van der Waals surface area (Å²) in [6.45, 7) is 0.00619. The van der Waals surface area contributed by atoms with Gasteiger partial charge in [-0.2, -0.15) is 0 Å². The summed E-state index contributed by atoms with van der Waals surface area (Å²) in [6, 6.07) is 14.8. The molecule has 4 nitrogen and oxygen atoms in total. The van der Waals surface area contributed by atoms with Crippen LogP contribution in [0, 0.1) is 5.82 Å². The van der Waals surface area contributed by atoms with Crippen molar-refractivity contribution >= 4 is 17.7 Å². The van der Waals surface area contributed by atoms with Crippen molar-refractivity contribution in [2.75, 3.05) is 6.26 Å². The molecule has 0 spiro atoms. The highest BCUT2D eigenvalue weighted by molar-refractivity contribution is 7.98. The molecular formula is C18H14FNO3S. The van der Waals surface area contributed by atoms with Crippen LogP contribution in [0.3, 0.4) is 0 Å². The number of esters is 1. The summed E-state index contributed by atoms with van der Waals surface area (Å²) in [6.07, 6.45) is 1.90. The van der Waals surface area contributed by atoms with Gasteiger partial charge in [-0.15, -0.1) is 11.8 Å². The van der Waals surface area contributed by atoms with Crippen molar-refractivity contribution < 1.29 is 18.4 Å². The van der Waals surface area contributed by atoms with Crippen LogP contribution in [0.5, 0.6) is 0 Å². The first-order valence-corrected chi connectivity index (χ1v) is 8.41. The Hall–Kier alpha value is -2.60. The van der Waals surface area contributed by atoms with Crippen LogP contribution < -0.4 is 0 Å². The van der Waals surface area contributed by atoms with E-state index in [1.807, 2.05) is 18.4 Å². The van der Waals surface area contributed by atoms with Crippen molar-refractivity contribution in [3.05, 3.63) is 71.7 Å². The van der Waals surface area contributed by atoms with E-state index in [0.717, 1.165) is 4.90 Å². The van der Waals surface area contributed by atoms with E-state index in [2.05, 4.69) is 5.16 Å². The molecule has 0 radical (unpaired) electrons. The Balaban J connectivity index is 1.67. The predicted octanol–water partition coefficient (Wildman–Crippen LogP) is 4.56. The zero-order chi connectivity index (χ0) is 16.9. The first kappa shape index (κ1) is 16.3. The molecule has 3 aromatic rings. The smallest absolute Gasteiger partial charge is 0.339 e. The molecule has 0 N–H and O–H groups in total. The summed E-state index contributed by atoms with van der Waals surface area (Å²) in [7, 11) is 0. The average molecular weight is 343 g/mol. The van der Waals surface area contributed by atoms with E-state index in [9.17, 15) is 9.18 Å². The van der Waals surface area contributed by atoms with Crippen LogP contribution in [0.4, 0.5) is 4.39 Å². The van der Waals surface area contributed by atoms with E-state index in [-0.39, 0.29) is 12.4 Å². The second-order valence-electron chi connectivity index (χ2n) is 4.97. The lowest BCUT2D eigenvalue weighted by Crippen LogP contribution is -2.06. The Morgan fingerprint density at radius 2 is 1.96 bits per heavy atom. The number of nitrogens with zero attached hydrogens (tertiary/aromatic N) is 1. The number of ether oxygens (including phenoxy) is 1. The van der Waals surface area contributed by atoms with Crippen molar-refractivity contribution in [3.8, 4) is 11.3 Å². The number of carbonyl (C=O) groups excluding carboxylic acids is 1. The number of hydrogen-bond acceptors (Lipinski definition) is 5. The third kappa shape index (κ3) is 3.65. The van der Waals surface area contributed by atoms with Crippen LogP contribution in [0.15, 0.2) is 64.0 Å². The molecule has 0 aliphatic carbocycles. The molecule has 24 heavy (non-hydrogen) atoms. The van der Waals surface area contributed by atoms with Gasteiger partial charge >= 0.3 is 5.97 Å². The van der Waals surface area contributed by atoms with Crippen molar-refractivity contribution in [2.45, 2.75) is 11.5 Å². The maximum Gasteiger partial charge on any atom is 0.339 e. The van der Waals surface area contributed by atoms with Gasteiger partial charge in [0.05, 0.1) is 5.56 Å². The van der Waals surface area contributed by atoms with Crippen LogP contribution in [0.1, 0.15) is 16.1 Å². The SMILES string of the molecule is CSc1ccccc1C(=O)OCc1cc(-c2ccc(F)cc2)on1. The first-order valence-electron chi connectivity index (χ1n) is 7.19. The minimum atomic E-state index is -0.411. The topological polar surface area (TPSA) is 52.3 Å². The number of halogens is 1. The zero-order valence-electron chi connectivity index (χ0n) is 12.9. The minimum Gasteiger partial charge on any atom is -0.455 e. The van der Waals surface area contributed by atoms with Gasteiger partial charge in [0, 0.05) is 16.5 Å². The maximum absolute atomic E-state index is 12.9. The molecule has 0 fully saturated rings. The summed E-state index contributed by atoms with van der Waals surface area (Å²) < 4.78 is 23.4. The van der Waals surface area contributed by atoms with Crippen molar-refractivity contribution in [3.63, 3.8) is 0 Å². The average Bonchev–Trinajstić information content (AvgIpc) is 3.09. The number of benzene rings is 2.